The zero-order valence-electron chi connectivity index (χ0n) is 21.1. The smallest absolute Gasteiger partial charge is 0.295 e. The number of morpholine rings is 1. The number of likely N-dealkylation sites (tertiary alicyclic amines) is 1. The van der Waals surface area contributed by atoms with E-state index in [1.54, 1.807) is 48.5 Å². The highest BCUT2D eigenvalue weighted by molar-refractivity contribution is 6.46. The van der Waals surface area contributed by atoms with Crippen molar-refractivity contribution in [1.82, 2.24) is 9.80 Å². The molecule has 1 atom stereocenters. The van der Waals surface area contributed by atoms with E-state index in [1.165, 1.54) is 19.1 Å². The Hall–Kier alpha value is -3.82. The third-order valence-electron chi connectivity index (χ3n) is 6.52. The second-order valence-electron chi connectivity index (χ2n) is 8.68. The van der Waals surface area contributed by atoms with E-state index in [4.69, 9.17) is 18.9 Å². The van der Waals surface area contributed by atoms with Crippen molar-refractivity contribution in [3.05, 3.63) is 71.8 Å². The van der Waals surface area contributed by atoms with Crippen LogP contribution < -0.4 is 14.2 Å². The number of rotatable bonds is 10. The monoisotopic (exact) mass is 508 g/mol. The van der Waals surface area contributed by atoms with Gasteiger partial charge in [0.25, 0.3) is 11.7 Å². The van der Waals surface area contributed by atoms with E-state index < -0.39 is 17.7 Å². The molecule has 2 aliphatic rings. The first-order valence-corrected chi connectivity index (χ1v) is 12.1. The Balaban J connectivity index is 1.74. The fraction of sp³-hybridized carbons (Fsp3) is 0.357. The minimum atomic E-state index is -0.794. The van der Waals surface area contributed by atoms with Crippen molar-refractivity contribution in [2.75, 3.05) is 60.2 Å². The van der Waals surface area contributed by atoms with Crippen LogP contribution >= 0.6 is 0 Å². The van der Waals surface area contributed by atoms with Crippen molar-refractivity contribution in [3.63, 3.8) is 0 Å². The number of carbonyl (C=O) groups is 2. The number of hydrogen-bond acceptors (Lipinski definition) is 8. The normalized spacial score (nSPS) is 19.6. The Bertz CT molecular complexity index is 1170. The van der Waals surface area contributed by atoms with Gasteiger partial charge in [-0.2, -0.15) is 0 Å². The number of aliphatic hydroxyl groups is 1. The fourth-order valence-electron chi connectivity index (χ4n) is 4.57. The molecule has 0 spiro atoms. The van der Waals surface area contributed by atoms with Crippen molar-refractivity contribution in [2.45, 2.75) is 6.04 Å². The van der Waals surface area contributed by atoms with E-state index in [9.17, 15) is 14.7 Å². The summed E-state index contributed by atoms with van der Waals surface area (Å²) in [5.74, 6) is -0.0537. The molecule has 2 saturated heterocycles. The second kappa shape index (κ2) is 11.9. The zero-order valence-corrected chi connectivity index (χ0v) is 21.1. The quantitative estimate of drug-likeness (QED) is 0.226. The maximum atomic E-state index is 13.3. The van der Waals surface area contributed by atoms with E-state index in [1.807, 2.05) is 0 Å². The summed E-state index contributed by atoms with van der Waals surface area (Å²) in [5, 5.41) is 11.3. The summed E-state index contributed by atoms with van der Waals surface area (Å²) in [6, 6.07) is 11.1. The third-order valence-corrected chi connectivity index (χ3v) is 6.52. The predicted octanol–water partition coefficient (Wildman–Crippen LogP) is 3.02. The van der Waals surface area contributed by atoms with Gasteiger partial charge < -0.3 is 29.0 Å². The molecule has 9 heteroatoms. The number of aliphatic hydroxyl groups excluding tert-OH is 1. The first-order valence-electron chi connectivity index (χ1n) is 12.1. The van der Waals surface area contributed by atoms with Crippen molar-refractivity contribution in [2.24, 2.45) is 0 Å². The highest BCUT2D eigenvalue weighted by Gasteiger charge is 2.46. The van der Waals surface area contributed by atoms with E-state index in [0.29, 0.717) is 61.3 Å². The lowest BCUT2D eigenvalue weighted by Gasteiger charge is -2.31. The SMILES string of the molecule is C=CCOc1ccc(C(O)=C2C(=O)C(=O)N(CCN3CCOCC3)[C@H]2c2ccc(OC)c(OC)c2)cc1. The standard InChI is InChI=1S/C28H32N2O7/c1-4-15-37-21-8-5-19(6-9-21)26(31)24-25(20-7-10-22(34-2)23(18-20)35-3)30(28(33)27(24)32)12-11-29-13-16-36-17-14-29/h4-10,18,25,31H,1,11-17H2,2-3H3/t25-/m0/s1. The molecule has 0 saturated carbocycles. The van der Waals surface area contributed by atoms with Gasteiger partial charge in [0.05, 0.1) is 39.0 Å². The van der Waals surface area contributed by atoms with Gasteiger partial charge in [0, 0.05) is 31.7 Å². The van der Waals surface area contributed by atoms with Crippen LogP contribution in [-0.4, -0.2) is 86.8 Å². The molecular formula is C28H32N2O7. The Morgan fingerprint density at radius 2 is 1.76 bits per heavy atom. The van der Waals surface area contributed by atoms with Crippen LogP contribution in [0.15, 0.2) is 60.7 Å². The van der Waals surface area contributed by atoms with Gasteiger partial charge in [0.15, 0.2) is 11.5 Å². The molecule has 2 aromatic carbocycles. The molecule has 2 aromatic rings. The van der Waals surface area contributed by atoms with Crippen molar-refractivity contribution >= 4 is 17.4 Å². The van der Waals surface area contributed by atoms with Crippen LogP contribution in [0.25, 0.3) is 5.76 Å². The second-order valence-corrected chi connectivity index (χ2v) is 8.68. The molecule has 9 nitrogen and oxygen atoms in total. The minimum absolute atomic E-state index is 0.0268. The van der Waals surface area contributed by atoms with Crippen molar-refractivity contribution < 1.29 is 33.6 Å². The van der Waals surface area contributed by atoms with Gasteiger partial charge in [-0.05, 0) is 42.0 Å². The Morgan fingerprint density at radius 1 is 1.05 bits per heavy atom. The summed E-state index contributed by atoms with van der Waals surface area (Å²) in [5.41, 5.74) is 1.06. The number of Topliss-reactive ketones (excluding diaryl/α,β-unsaturated/α-hetero) is 1. The molecule has 0 bridgehead atoms. The number of amides is 1. The molecule has 4 rings (SSSR count). The number of hydrogen-bond donors (Lipinski definition) is 1. The zero-order chi connectivity index (χ0) is 26.4. The highest BCUT2D eigenvalue weighted by atomic mass is 16.5. The molecule has 0 radical (unpaired) electrons. The molecular weight excluding hydrogens is 476 g/mol. The molecule has 0 aliphatic carbocycles. The maximum absolute atomic E-state index is 13.3. The largest absolute Gasteiger partial charge is 0.507 e. The lowest BCUT2D eigenvalue weighted by molar-refractivity contribution is -0.140. The fourth-order valence-corrected chi connectivity index (χ4v) is 4.57. The number of ketones is 1. The van der Waals surface area contributed by atoms with Crippen LogP contribution in [0.4, 0.5) is 0 Å². The molecule has 2 heterocycles. The molecule has 1 amide bonds. The van der Waals surface area contributed by atoms with Gasteiger partial charge >= 0.3 is 0 Å². The number of ether oxygens (including phenoxy) is 4. The summed E-state index contributed by atoms with van der Waals surface area (Å²) >= 11 is 0. The summed E-state index contributed by atoms with van der Waals surface area (Å²) < 4.78 is 21.8. The molecule has 2 aliphatic heterocycles. The summed E-state index contributed by atoms with van der Waals surface area (Å²) in [4.78, 5) is 30.3. The van der Waals surface area contributed by atoms with Gasteiger partial charge in [0.2, 0.25) is 0 Å². The van der Waals surface area contributed by atoms with Gasteiger partial charge in [-0.1, -0.05) is 18.7 Å². The molecule has 196 valence electrons. The number of carbonyl (C=O) groups excluding carboxylic acids is 2. The van der Waals surface area contributed by atoms with Crippen LogP contribution in [0.5, 0.6) is 17.2 Å². The Kier molecular flexibility index (Phi) is 8.47. The van der Waals surface area contributed by atoms with Crippen LogP contribution in [0.2, 0.25) is 0 Å². The number of methoxy groups -OCH3 is 2. The average molecular weight is 509 g/mol. The van der Waals surface area contributed by atoms with Crippen LogP contribution in [-0.2, 0) is 14.3 Å². The van der Waals surface area contributed by atoms with E-state index in [-0.39, 0.29) is 11.3 Å². The summed E-state index contributed by atoms with van der Waals surface area (Å²) in [6.45, 7) is 7.64. The molecule has 2 fully saturated rings. The molecule has 0 aromatic heterocycles. The van der Waals surface area contributed by atoms with Gasteiger partial charge in [0.1, 0.15) is 18.1 Å². The maximum Gasteiger partial charge on any atom is 0.295 e. The van der Waals surface area contributed by atoms with E-state index >= 15 is 0 Å². The van der Waals surface area contributed by atoms with E-state index in [0.717, 1.165) is 13.1 Å². The predicted molar refractivity (Wildman–Crippen MR) is 138 cm³/mol. The summed E-state index contributed by atoms with van der Waals surface area (Å²) in [7, 11) is 3.06. The van der Waals surface area contributed by atoms with Gasteiger partial charge in [-0.15, -0.1) is 0 Å². The highest BCUT2D eigenvalue weighted by Crippen LogP contribution is 2.42. The minimum Gasteiger partial charge on any atom is -0.507 e. The Morgan fingerprint density at radius 3 is 2.41 bits per heavy atom. The van der Waals surface area contributed by atoms with Crippen LogP contribution in [0.3, 0.4) is 0 Å². The van der Waals surface area contributed by atoms with Crippen molar-refractivity contribution in [1.29, 1.82) is 0 Å². The van der Waals surface area contributed by atoms with Crippen LogP contribution in [0, 0.1) is 0 Å². The molecule has 37 heavy (non-hydrogen) atoms. The van der Waals surface area contributed by atoms with Crippen LogP contribution in [0.1, 0.15) is 17.2 Å². The van der Waals surface area contributed by atoms with E-state index in [2.05, 4.69) is 11.5 Å². The van der Waals surface area contributed by atoms with Gasteiger partial charge in [-0.25, -0.2) is 0 Å². The average Bonchev–Trinajstić information content (AvgIpc) is 3.20. The Labute approximate surface area is 216 Å². The number of benzene rings is 2. The lowest BCUT2D eigenvalue weighted by atomic mass is 9.95. The molecule has 1 N–H and O–H groups in total. The first kappa shape index (κ1) is 26.2. The first-order chi connectivity index (χ1) is 18.0. The topological polar surface area (TPSA) is 97.8 Å². The third kappa shape index (κ3) is 5.63. The van der Waals surface area contributed by atoms with Gasteiger partial charge in [-0.3, -0.25) is 14.5 Å². The van der Waals surface area contributed by atoms with Crippen molar-refractivity contribution in [3.8, 4) is 17.2 Å². The molecule has 0 unspecified atom stereocenters. The number of nitrogens with zero attached hydrogens (tertiary/aromatic N) is 2. The lowest BCUT2D eigenvalue weighted by Crippen LogP contribution is -2.42. The summed E-state index contributed by atoms with van der Waals surface area (Å²) in [6.07, 6.45) is 1.63.